The van der Waals surface area contributed by atoms with Crippen LogP contribution >= 0.6 is 11.6 Å². The van der Waals surface area contributed by atoms with Crippen molar-refractivity contribution in [3.8, 4) is 5.69 Å². The number of aromatic nitrogens is 2. The van der Waals surface area contributed by atoms with Crippen LogP contribution in [-0.4, -0.2) is 39.6 Å². The Bertz CT molecular complexity index is 895. The van der Waals surface area contributed by atoms with Crippen molar-refractivity contribution >= 4 is 29.2 Å². The van der Waals surface area contributed by atoms with E-state index in [1.165, 1.54) is 0 Å². The minimum atomic E-state index is -0.212. The van der Waals surface area contributed by atoms with E-state index in [9.17, 15) is 9.59 Å². The third kappa shape index (κ3) is 5.63. The SMILES string of the molecule is CCCCN(CC(=O)Nc1cc(C(C)(C)C)nn1-c1ccc(Cl)cc1)C(=O)C1CC1. The van der Waals surface area contributed by atoms with E-state index in [2.05, 4.69) is 33.0 Å². The van der Waals surface area contributed by atoms with Gasteiger partial charge in [-0.05, 0) is 43.5 Å². The van der Waals surface area contributed by atoms with Gasteiger partial charge in [0.25, 0.3) is 0 Å². The summed E-state index contributed by atoms with van der Waals surface area (Å²) in [4.78, 5) is 27.1. The molecule has 1 N–H and O–H groups in total. The Balaban J connectivity index is 1.81. The fourth-order valence-corrected chi connectivity index (χ4v) is 3.30. The van der Waals surface area contributed by atoms with Gasteiger partial charge in [0.1, 0.15) is 5.82 Å². The minimum absolute atomic E-state index is 0.0615. The Labute approximate surface area is 183 Å². The van der Waals surface area contributed by atoms with Gasteiger partial charge in [-0.25, -0.2) is 4.68 Å². The molecule has 1 saturated carbocycles. The summed E-state index contributed by atoms with van der Waals surface area (Å²) in [7, 11) is 0. The molecule has 2 amide bonds. The first-order valence-electron chi connectivity index (χ1n) is 10.6. The molecule has 0 radical (unpaired) electrons. The molecule has 1 aliphatic rings. The molecule has 0 aliphatic heterocycles. The molecule has 7 heteroatoms. The van der Waals surface area contributed by atoms with Gasteiger partial charge in [-0.3, -0.25) is 9.59 Å². The van der Waals surface area contributed by atoms with Gasteiger partial charge >= 0.3 is 0 Å². The third-order valence-electron chi connectivity index (χ3n) is 5.17. The second-order valence-corrected chi connectivity index (χ2v) is 9.43. The molecule has 0 unspecified atom stereocenters. The standard InChI is InChI=1S/C23H31ClN4O2/c1-5-6-13-27(22(30)16-7-8-16)15-21(29)25-20-14-19(23(2,3)4)26-28(20)18-11-9-17(24)10-12-18/h9-12,14,16H,5-8,13,15H2,1-4H3,(H,25,29). The van der Waals surface area contributed by atoms with Crippen LogP contribution in [-0.2, 0) is 15.0 Å². The van der Waals surface area contributed by atoms with E-state index >= 15 is 0 Å². The number of unbranched alkanes of at least 4 members (excludes halogenated alkanes) is 1. The van der Waals surface area contributed by atoms with E-state index < -0.39 is 0 Å². The van der Waals surface area contributed by atoms with Gasteiger partial charge in [-0.1, -0.05) is 45.7 Å². The zero-order chi connectivity index (χ0) is 21.9. The molecule has 0 atom stereocenters. The maximum Gasteiger partial charge on any atom is 0.245 e. The smallest absolute Gasteiger partial charge is 0.245 e. The average Bonchev–Trinajstić information content (AvgIpc) is 3.45. The van der Waals surface area contributed by atoms with Crippen LogP contribution in [0.25, 0.3) is 5.69 Å². The van der Waals surface area contributed by atoms with E-state index in [0.717, 1.165) is 37.1 Å². The Kier molecular flexibility index (Phi) is 6.86. The van der Waals surface area contributed by atoms with Crippen molar-refractivity contribution in [3.05, 3.63) is 41.0 Å². The average molecular weight is 431 g/mol. The molecule has 3 rings (SSSR count). The van der Waals surface area contributed by atoms with Crippen LogP contribution in [0.15, 0.2) is 30.3 Å². The summed E-state index contributed by atoms with van der Waals surface area (Å²) in [5.41, 5.74) is 1.50. The van der Waals surface area contributed by atoms with Gasteiger partial charge in [-0.15, -0.1) is 0 Å². The quantitative estimate of drug-likeness (QED) is 0.654. The normalized spacial score (nSPS) is 13.9. The summed E-state index contributed by atoms with van der Waals surface area (Å²) in [6.07, 6.45) is 3.74. The summed E-state index contributed by atoms with van der Waals surface area (Å²) >= 11 is 6.02. The molecular formula is C23H31ClN4O2. The number of carbonyl (C=O) groups is 2. The molecule has 30 heavy (non-hydrogen) atoms. The number of nitrogens with zero attached hydrogens (tertiary/aromatic N) is 3. The maximum atomic E-state index is 12.9. The molecule has 0 saturated heterocycles. The van der Waals surface area contributed by atoms with E-state index in [1.807, 2.05) is 18.2 Å². The lowest BCUT2D eigenvalue weighted by atomic mass is 9.92. The molecule has 1 aromatic carbocycles. The summed E-state index contributed by atoms with van der Waals surface area (Å²) < 4.78 is 1.72. The van der Waals surface area contributed by atoms with Crippen LogP contribution in [0.5, 0.6) is 0 Å². The zero-order valence-corrected chi connectivity index (χ0v) is 19.0. The fourth-order valence-electron chi connectivity index (χ4n) is 3.18. The topological polar surface area (TPSA) is 67.2 Å². The summed E-state index contributed by atoms with van der Waals surface area (Å²) in [5.74, 6) is 0.569. The third-order valence-corrected chi connectivity index (χ3v) is 5.42. The van der Waals surface area contributed by atoms with Gasteiger partial charge in [0.2, 0.25) is 11.8 Å². The lowest BCUT2D eigenvalue weighted by Crippen LogP contribution is -2.39. The Morgan fingerprint density at radius 3 is 2.47 bits per heavy atom. The number of benzene rings is 1. The van der Waals surface area contributed by atoms with Crippen LogP contribution < -0.4 is 5.32 Å². The summed E-state index contributed by atoms with van der Waals surface area (Å²) in [6.45, 7) is 8.99. The second kappa shape index (κ2) is 9.21. The van der Waals surface area contributed by atoms with Crippen molar-refractivity contribution in [2.75, 3.05) is 18.4 Å². The molecule has 1 aliphatic carbocycles. The number of hydrogen-bond donors (Lipinski definition) is 1. The van der Waals surface area contributed by atoms with Crippen LogP contribution in [0.1, 0.15) is 59.1 Å². The zero-order valence-electron chi connectivity index (χ0n) is 18.2. The number of halogens is 1. The largest absolute Gasteiger partial charge is 0.333 e. The van der Waals surface area contributed by atoms with Crippen LogP contribution in [0, 0.1) is 5.92 Å². The molecule has 2 aromatic rings. The minimum Gasteiger partial charge on any atom is -0.333 e. The Morgan fingerprint density at radius 1 is 1.23 bits per heavy atom. The first kappa shape index (κ1) is 22.3. The number of rotatable bonds is 8. The number of carbonyl (C=O) groups excluding carboxylic acids is 2. The van der Waals surface area contributed by atoms with Gasteiger partial charge in [0.15, 0.2) is 0 Å². The van der Waals surface area contributed by atoms with E-state index in [1.54, 1.807) is 21.7 Å². The van der Waals surface area contributed by atoms with Gasteiger partial charge in [0.05, 0.1) is 17.9 Å². The maximum absolute atomic E-state index is 12.9. The highest BCUT2D eigenvalue weighted by molar-refractivity contribution is 6.30. The van der Waals surface area contributed by atoms with Crippen molar-refractivity contribution in [1.82, 2.24) is 14.7 Å². The van der Waals surface area contributed by atoms with E-state index in [0.29, 0.717) is 17.4 Å². The molecule has 1 heterocycles. The van der Waals surface area contributed by atoms with E-state index in [4.69, 9.17) is 16.7 Å². The van der Waals surface area contributed by atoms with Crippen LogP contribution in [0.3, 0.4) is 0 Å². The summed E-state index contributed by atoms with van der Waals surface area (Å²) in [5, 5.41) is 8.32. The monoisotopic (exact) mass is 430 g/mol. The van der Waals surface area contributed by atoms with Gasteiger partial charge < -0.3 is 10.2 Å². The van der Waals surface area contributed by atoms with Crippen molar-refractivity contribution in [1.29, 1.82) is 0 Å². The first-order chi connectivity index (χ1) is 14.2. The van der Waals surface area contributed by atoms with E-state index in [-0.39, 0.29) is 29.7 Å². The van der Waals surface area contributed by atoms with Crippen LogP contribution in [0.2, 0.25) is 5.02 Å². The number of anilines is 1. The first-order valence-corrected chi connectivity index (χ1v) is 11.0. The van der Waals surface area contributed by atoms with Crippen molar-refractivity contribution in [2.45, 2.75) is 58.8 Å². The van der Waals surface area contributed by atoms with Gasteiger partial charge in [0, 0.05) is 29.0 Å². The number of nitrogens with one attached hydrogen (secondary N) is 1. The molecule has 0 bridgehead atoms. The number of hydrogen-bond acceptors (Lipinski definition) is 3. The Morgan fingerprint density at radius 2 is 1.90 bits per heavy atom. The molecule has 0 spiro atoms. The Hall–Kier alpha value is -2.34. The predicted molar refractivity (Wildman–Crippen MR) is 120 cm³/mol. The van der Waals surface area contributed by atoms with Crippen molar-refractivity contribution in [2.24, 2.45) is 5.92 Å². The highest BCUT2D eigenvalue weighted by Crippen LogP contribution is 2.31. The number of amides is 2. The lowest BCUT2D eigenvalue weighted by Gasteiger charge is -2.22. The fraction of sp³-hybridized carbons (Fsp3) is 0.522. The molecule has 1 fully saturated rings. The molecule has 6 nitrogen and oxygen atoms in total. The van der Waals surface area contributed by atoms with Crippen LogP contribution in [0.4, 0.5) is 5.82 Å². The van der Waals surface area contributed by atoms with Crippen molar-refractivity contribution < 1.29 is 9.59 Å². The molecule has 1 aromatic heterocycles. The second-order valence-electron chi connectivity index (χ2n) is 8.99. The highest BCUT2D eigenvalue weighted by atomic mass is 35.5. The lowest BCUT2D eigenvalue weighted by molar-refractivity contribution is -0.135. The van der Waals surface area contributed by atoms with Gasteiger partial charge in [-0.2, -0.15) is 5.10 Å². The highest BCUT2D eigenvalue weighted by Gasteiger charge is 2.34. The van der Waals surface area contributed by atoms with Crippen molar-refractivity contribution in [3.63, 3.8) is 0 Å². The molecule has 162 valence electrons. The predicted octanol–water partition coefficient (Wildman–Crippen LogP) is 4.80. The summed E-state index contributed by atoms with van der Waals surface area (Å²) in [6, 6.07) is 9.21. The molecular weight excluding hydrogens is 400 g/mol.